The third-order valence-electron chi connectivity index (χ3n) is 2.48. The first-order valence-corrected chi connectivity index (χ1v) is 7.60. The smallest absolute Gasteiger partial charge is 0.236 e. The molecule has 20 heavy (non-hydrogen) atoms. The number of nitrogen functional groups attached to an aromatic ring is 1. The van der Waals surface area contributed by atoms with E-state index < -0.39 is 10.0 Å². The molecule has 0 bridgehead atoms. The molecule has 2 aromatic rings. The molecule has 106 valence electrons. The number of nitrogens with one attached hydrogen (secondary N) is 1. The molecule has 0 aliphatic carbocycles. The Hall–Kier alpha value is -2.28. The van der Waals surface area contributed by atoms with Crippen molar-refractivity contribution < 1.29 is 13.2 Å². The van der Waals surface area contributed by atoms with Crippen LogP contribution in [0, 0.1) is 0 Å². The van der Waals surface area contributed by atoms with Crippen molar-refractivity contribution >= 4 is 21.4 Å². The molecule has 6 nitrogen and oxygen atoms in total. The van der Waals surface area contributed by atoms with Gasteiger partial charge in [0.15, 0.2) is 0 Å². The first kappa shape index (κ1) is 14.1. The highest BCUT2D eigenvalue weighted by atomic mass is 32.2. The predicted molar refractivity (Wildman–Crippen MR) is 78.0 cm³/mol. The van der Waals surface area contributed by atoms with E-state index in [2.05, 4.69) is 9.71 Å². The van der Waals surface area contributed by atoms with E-state index in [9.17, 15) is 8.42 Å². The Balaban J connectivity index is 1.89. The number of para-hydroxylation sites is 2. The predicted octanol–water partition coefficient (Wildman–Crippen LogP) is 1.48. The van der Waals surface area contributed by atoms with Gasteiger partial charge >= 0.3 is 0 Å². The molecule has 0 saturated carbocycles. The summed E-state index contributed by atoms with van der Waals surface area (Å²) in [6.45, 7) is 0.0225. The van der Waals surface area contributed by atoms with Crippen molar-refractivity contribution in [2.24, 2.45) is 0 Å². The molecule has 0 unspecified atom stereocenters. The maximum atomic E-state index is 11.8. The molecule has 0 aliphatic rings. The van der Waals surface area contributed by atoms with Crippen molar-refractivity contribution in [3.8, 4) is 5.75 Å². The lowest BCUT2D eigenvalue weighted by molar-refractivity contribution is 0.343. The van der Waals surface area contributed by atoms with E-state index in [0.29, 0.717) is 17.1 Å². The average Bonchev–Trinajstić information content (AvgIpc) is 2.41. The van der Waals surface area contributed by atoms with E-state index in [-0.39, 0.29) is 12.4 Å². The summed E-state index contributed by atoms with van der Waals surface area (Å²) in [7, 11) is -3.46. The quantitative estimate of drug-likeness (QED) is 0.787. The van der Waals surface area contributed by atoms with Crippen molar-refractivity contribution in [3.05, 3.63) is 48.8 Å². The van der Waals surface area contributed by atoms with Gasteiger partial charge in [-0.1, -0.05) is 12.1 Å². The van der Waals surface area contributed by atoms with Crippen molar-refractivity contribution in [2.45, 2.75) is 0 Å². The second kappa shape index (κ2) is 6.25. The van der Waals surface area contributed by atoms with Gasteiger partial charge in [-0.3, -0.25) is 9.71 Å². The average molecular weight is 293 g/mol. The van der Waals surface area contributed by atoms with Gasteiger partial charge in [-0.15, -0.1) is 0 Å². The van der Waals surface area contributed by atoms with Crippen molar-refractivity contribution in [1.29, 1.82) is 0 Å². The van der Waals surface area contributed by atoms with Crippen LogP contribution in [0.15, 0.2) is 48.8 Å². The SMILES string of the molecule is Nc1ccccc1OCCS(=O)(=O)Nc1ccncc1. The van der Waals surface area contributed by atoms with E-state index in [0.717, 1.165) is 0 Å². The largest absolute Gasteiger partial charge is 0.490 e. The van der Waals surface area contributed by atoms with Crippen LogP contribution >= 0.6 is 0 Å². The number of benzene rings is 1. The van der Waals surface area contributed by atoms with Crippen molar-refractivity contribution in [1.82, 2.24) is 4.98 Å². The summed E-state index contributed by atoms with van der Waals surface area (Å²) in [5.41, 5.74) is 6.65. The highest BCUT2D eigenvalue weighted by Crippen LogP contribution is 2.19. The van der Waals surface area contributed by atoms with Gasteiger partial charge < -0.3 is 10.5 Å². The number of rotatable bonds is 6. The number of anilines is 2. The van der Waals surface area contributed by atoms with Gasteiger partial charge in [-0.25, -0.2) is 8.42 Å². The maximum absolute atomic E-state index is 11.8. The monoisotopic (exact) mass is 293 g/mol. The van der Waals surface area contributed by atoms with E-state index in [1.54, 1.807) is 36.4 Å². The number of sulfonamides is 1. The minimum Gasteiger partial charge on any atom is -0.490 e. The number of pyridine rings is 1. The summed E-state index contributed by atoms with van der Waals surface area (Å²) >= 11 is 0. The minimum atomic E-state index is -3.46. The van der Waals surface area contributed by atoms with Crippen molar-refractivity contribution in [2.75, 3.05) is 22.8 Å². The van der Waals surface area contributed by atoms with E-state index in [1.807, 2.05) is 0 Å². The summed E-state index contributed by atoms with van der Waals surface area (Å²) in [5.74, 6) is 0.315. The molecule has 1 aromatic carbocycles. The number of ether oxygens (including phenoxy) is 1. The van der Waals surface area contributed by atoms with Crippen molar-refractivity contribution in [3.63, 3.8) is 0 Å². The van der Waals surface area contributed by atoms with Crippen LogP contribution < -0.4 is 15.2 Å². The molecule has 0 radical (unpaired) electrons. The molecule has 0 aliphatic heterocycles. The topological polar surface area (TPSA) is 94.3 Å². The van der Waals surface area contributed by atoms with Gasteiger partial charge in [0, 0.05) is 12.4 Å². The van der Waals surface area contributed by atoms with Gasteiger partial charge in [0.05, 0.1) is 11.4 Å². The Morgan fingerprint density at radius 2 is 1.85 bits per heavy atom. The molecule has 3 N–H and O–H groups in total. The fraction of sp³-hybridized carbons (Fsp3) is 0.154. The third-order valence-corrected chi connectivity index (χ3v) is 3.73. The maximum Gasteiger partial charge on any atom is 0.236 e. The number of nitrogens with zero attached hydrogens (tertiary/aromatic N) is 1. The zero-order valence-electron chi connectivity index (χ0n) is 10.7. The van der Waals surface area contributed by atoms with Gasteiger partial charge in [0.2, 0.25) is 10.0 Å². The van der Waals surface area contributed by atoms with E-state index in [1.165, 1.54) is 12.4 Å². The minimum absolute atomic E-state index is 0.0225. The van der Waals surface area contributed by atoms with Gasteiger partial charge in [0.1, 0.15) is 18.1 Å². The number of hydrogen-bond acceptors (Lipinski definition) is 5. The van der Waals surface area contributed by atoms with Gasteiger partial charge in [0.25, 0.3) is 0 Å². The highest BCUT2D eigenvalue weighted by molar-refractivity contribution is 7.92. The Labute approximate surface area is 117 Å². The van der Waals surface area contributed by atoms with Crippen LogP contribution in [-0.4, -0.2) is 25.8 Å². The molecule has 1 aromatic heterocycles. The normalized spacial score (nSPS) is 11.0. The first-order chi connectivity index (χ1) is 9.57. The van der Waals surface area contributed by atoms with E-state index >= 15 is 0 Å². The number of aromatic nitrogens is 1. The zero-order chi connectivity index (χ0) is 14.4. The van der Waals surface area contributed by atoms with E-state index in [4.69, 9.17) is 10.5 Å². The lowest BCUT2D eigenvalue weighted by Crippen LogP contribution is -2.21. The zero-order valence-corrected chi connectivity index (χ0v) is 11.5. The molecular formula is C13H15N3O3S. The van der Waals surface area contributed by atoms with Crippen LogP contribution in [0.3, 0.4) is 0 Å². The molecule has 2 rings (SSSR count). The standard InChI is InChI=1S/C13H15N3O3S/c14-12-3-1-2-4-13(12)19-9-10-20(17,18)16-11-5-7-15-8-6-11/h1-8H,9-10,14H2,(H,15,16). The number of hydrogen-bond donors (Lipinski definition) is 2. The van der Waals surface area contributed by atoms with Crippen LogP contribution in [0.5, 0.6) is 5.75 Å². The Bertz CT molecular complexity index is 660. The molecular weight excluding hydrogens is 278 g/mol. The molecule has 0 fully saturated rings. The molecule has 0 spiro atoms. The first-order valence-electron chi connectivity index (χ1n) is 5.95. The Morgan fingerprint density at radius 3 is 2.55 bits per heavy atom. The highest BCUT2D eigenvalue weighted by Gasteiger charge is 2.11. The fourth-order valence-corrected chi connectivity index (χ4v) is 2.42. The summed E-state index contributed by atoms with van der Waals surface area (Å²) in [6.07, 6.45) is 3.03. The van der Waals surface area contributed by atoms with Crippen LogP contribution in [-0.2, 0) is 10.0 Å². The van der Waals surface area contributed by atoms with Crippen LogP contribution in [0.1, 0.15) is 0 Å². The summed E-state index contributed by atoms with van der Waals surface area (Å²) in [4.78, 5) is 3.81. The fourth-order valence-electron chi connectivity index (χ4n) is 1.52. The van der Waals surface area contributed by atoms with Crippen LogP contribution in [0.2, 0.25) is 0 Å². The summed E-state index contributed by atoms with van der Waals surface area (Å²) < 4.78 is 31.5. The second-order valence-electron chi connectivity index (χ2n) is 4.04. The van der Waals surface area contributed by atoms with Crippen LogP contribution in [0.25, 0.3) is 0 Å². The molecule has 0 amide bonds. The molecule has 7 heteroatoms. The molecule has 0 atom stereocenters. The Morgan fingerprint density at radius 1 is 1.15 bits per heavy atom. The lowest BCUT2D eigenvalue weighted by Gasteiger charge is -2.10. The Kier molecular flexibility index (Phi) is 4.41. The third kappa shape index (κ3) is 4.13. The molecule has 0 saturated heterocycles. The van der Waals surface area contributed by atoms with Crippen LogP contribution in [0.4, 0.5) is 11.4 Å². The molecule has 1 heterocycles. The summed E-state index contributed by atoms with van der Waals surface area (Å²) in [6, 6.07) is 10.1. The van der Waals surface area contributed by atoms with Gasteiger partial charge in [-0.2, -0.15) is 0 Å². The number of nitrogens with two attached hydrogens (primary N) is 1. The lowest BCUT2D eigenvalue weighted by atomic mass is 10.3. The second-order valence-corrected chi connectivity index (χ2v) is 5.88. The summed E-state index contributed by atoms with van der Waals surface area (Å²) in [5, 5.41) is 0. The van der Waals surface area contributed by atoms with Gasteiger partial charge in [-0.05, 0) is 24.3 Å².